The molecular weight excluding hydrogens is 308 g/mol. The lowest BCUT2D eigenvalue weighted by atomic mass is 10.2. The fourth-order valence-electron chi connectivity index (χ4n) is 2.18. The van der Waals surface area contributed by atoms with Gasteiger partial charge >= 0.3 is 6.03 Å². The lowest BCUT2D eigenvalue weighted by molar-refractivity contribution is 0.247. The largest absolute Gasteiger partial charge is 0.464 e. The summed E-state index contributed by atoms with van der Waals surface area (Å²) in [6.07, 6.45) is 3.26. The third-order valence-corrected chi connectivity index (χ3v) is 3.35. The Morgan fingerprint density at radius 3 is 2.88 bits per heavy atom. The van der Waals surface area contributed by atoms with E-state index in [-0.39, 0.29) is 12.0 Å². The third kappa shape index (κ3) is 3.97. The third-order valence-electron chi connectivity index (χ3n) is 3.35. The minimum Gasteiger partial charge on any atom is -0.464 e. The molecule has 0 saturated heterocycles. The first-order chi connectivity index (χ1) is 11.6. The number of nitrogens with zero attached hydrogens (tertiary/aromatic N) is 4. The van der Waals surface area contributed by atoms with Crippen LogP contribution in [-0.2, 0) is 6.54 Å². The predicted octanol–water partition coefficient (Wildman–Crippen LogP) is 2.51. The van der Waals surface area contributed by atoms with E-state index in [0.29, 0.717) is 12.3 Å². The topological polar surface area (TPSA) is 97.9 Å². The Morgan fingerprint density at radius 1 is 1.29 bits per heavy atom. The zero-order chi connectivity index (χ0) is 16.9. The number of hydrogen-bond donors (Lipinski definition) is 2. The number of nitrogens with one attached hydrogen (secondary N) is 2. The number of hydrogen-bond acceptors (Lipinski definition) is 5. The highest BCUT2D eigenvalue weighted by atomic mass is 16.3. The molecule has 0 spiro atoms. The van der Waals surface area contributed by atoms with E-state index in [1.54, 1.807) is 17.2 Å². The number of rotatable bonds is 5. The maximum atomic E-state index is 12.0. The second-order valence-corrected chi connectivity index (χ2v) is 5.36. The van der Waals surface area contributed by atoms with Crippen LogP contribution in [0.4, 0.5) is 10.7 Å². The first-order valence-corrected chi connectivity index (χ1v) is 7.53. The van der Waals surface area contributed by atoms with Gasteiger partial charge in [0.2, 0.25) is 5.95 Å². The van der Waals surface area contributed by atoms with Crippen molar-refractivity contribution in [3.05, 3.63) is 60.1 Å². The van der Waals surface area contributed by atoms with Crippen LogP contribution in [0.5, 0.6) is 0 Å². The van der Waals surface area contributed by atoms with Crippen molar-refractivity contribution in [1.82, 2.24) is 25.1 Å². The monoisotopic (exact) mass is 326 g/mol. The van der Waals surface area contributed by atoms with Gasteiger partial charge in [-0.15, -0.1) is 5.10 Å². The number of aryl methyl sites for hydroxylation is 1. The zero-order valence-corrected chi connectivity index (χ0v) is 13.4. The van der Waals surface area contributed by atoms with Gasteiger partial charge in [-0.3, -0.25) is 10.3 Å². The van der Waals surface area contributed by atoms with Crippen molar-refractivity contribution in [2.75, 3.05) is 5.32 Å². The smallest absolute Gasteiger partial charge is 0.322 e. The van der Waals surface area contributed by atoms with E-state index >= 15 is 0 Å². The molecule has 0 fully saturated rings. The Bertz CT molecular complexity index is 811. The summed E-state index contributed by atoms with van der Waals surface area (Å²) in [5.74, 6) is 1.72. The van der Waals surface area contributed by atoms with E-state index in [0.717, 1.165) is 11.5 Å². The summed E-state index contributed by atoms with van der Waals surface area (Å²) in [7, 11) is 0. The fraction of sp³-hybridized carbons (Fsp3) is 0.250. The highest BCUT2D eigenvalue weighted by molar-refractivity contribution is 5.87. The van der Waals surface area contributed by atoms with Crippen LogP contribution in [0.3, 0.4) is 0 Å². The van der Waals surface area contributed by atoms with Crippen molar-refractivity contribution in [1.29, 1.82) is 0 Å². The van der Waals surface area contributed by atoms with Crippen molar-refractivity contribution < 1.29 is 9.21 Å². The molecule has 0 aliphatic heterocycles. The molecule has 0 aromatic carbocycles. The van der Waals surface area contributed by atoms with E-state index in [1.807, 2.05) is 44.2 Å². The Hall–Kier alpha value is -3.16. The van der Waals surface area contributed by atoms with Gasteiger partial charge in [0.15, 0.2) is 0 Å². The fourth-order valence-corrected chi connectivity index (χ4v) is 2.18. The molecule has 3 heterocycles. The molecule has 0 saturated carbocycles. The van der Waals surface area contributed by atoms with E-state index in [2.05, 4.69) is 25.7 Å². The summed E-state index contributed by atoms with van der Waals surface area (Å²) in [5, 5.41) is 9.57. The van der Waals surface area contributed by atoms with Crippen molar-refractivity contribution >= 4 is 12.0 Å². The molecule has 24 heavy (non-hydrogen) atoms. The van der Waals surface area contributed by atoms with Crippen LogP contribution < -0.4 is 10.6 Å². The average Bonchev–Trinajstić information content (AvgIpc) is 3.17. The molecule has 0 radical (unpaired) electrons. The SMILES string of the molecule is Cc1ccc(C(C)NC(=O)Nc2ncn(Cc3ccccn3)n2)o1. The average molecular weight is 326 g/mol. The number of pyridine rings is 1. The molecule has 2 amide bonds. The lowest BCUT2D eigenvalue weighted by Gasteiger charge is -2.11. The van der Waals surface area contributed by atoms with E-state index in [4.69, 9.17) is 4.42 Å². The quantitative estimate of drug-likeness (QED) is 0.750. The van der Waals surface area contributed by atoms with Crippen LogP contribution in [0.2, 0.25) is 0 Å². The minimum absolute atomic E-state index is 0.228. The maximum Gasteiger partial charge on any atom is 0.322 e. The van der Waals surface area contributed by atoms with Gasteiger partial charge in [0.1, 0.15) is 17.8 Å². The molecule has 0 bridgehead atoms. The van der Waals surface area contributed by atoms with Crippen LogP contribution >= 0.6 is 0 Å². The first-order valence-electron chi connectivity index (χ1n) is 7.53. The molecule has 3 rings (SSSR count). The number of aromatic nitrogens is 4. The summed E-state index contributed by atoms with van der Waals surface area (Å²) in [5.41, 5.74) is 0.861. The Kier molecular flexibility index (Phi) is 4.55. The van der Waals surface area contributed by atoms with Gasteiger partial charge in [-0.05, 0) is 38.1 Å². The van der Waals surface area contributed by atoms with Crippen molar-refractivity contribution in [2.45, 2.75) is 26.4 Å². The number of carbonyl (C=O) groups excluding carboxylic acids is 1. The van der Waals surface area contributed by atoms with Crippen molar-refractivity contribution in [2.24, 2.45) is 0 Å². The molecular formula is C16H18N6O2. The summed E-state index contributed by atoms with van der Waals surface area (Å²) < 4.78 is 7.09. The molecule has 1 unspecified atom stereocenters. The highest BCUT2D eigenvalue weighted by Gasteiger charge is 2.14. The van der Waals surface area contributed by atoms with Gasteiger partial charge < -0.3 is 9.73 Å². The van der Waals surface area contributed by atoms with Crippen LogP contribution in [0.25, 0.3) is 0 Å². The van der Waals surface area contributed by atoms with Crippen molar-refractivity contribution in [3.63, 3.8) is 0 Å². The lowest BCUT2D eigenvalue weighted by Crippen LogP contribution is -2.31. The molecule has 1 atom stereocenters. The summed E-state index contributed by atoms with van der Waals surface area (Å²) in [6.45, 7) is 4.18. The molecule has 2 N–H and O–H groups in total. The van der Waals surface area contributed by atoms with E-state index < -0.39 is 6.03 Å². The van der Waals surface area contributed by atoms with E-state index in [9.17, 15) is 4.79 Å². The molecule has 0 aliphatic carbocycles. The van der Waals surface area contributed by atoms with Crippen LogP contribution in [0.1, 0.15) is 30.2 Å². The Morgan fingerprint density at radius 2 is 2.17 bits per heavy atom. The zero-order valence-electron chi connectivity index (χ0n) is 13.4. The summed E-state index contributed by atoms with van der Waals surface area (Å²) in [4.78, 5) is 20.3. The van der Waals surface area contributed by atoms with Gasteiger partial charge in [0.25, 0.3) is 0 Å². The number of carbonyl (C=O) groups is 1. The van der Waals surface area contributed by atoms with E-state index in [1.165, 1.54) is 0 Å². The predicted molar refractivity (Wildman–Crippen MR) is 87.4 cm³/mol. The van der Waals surface area contributed by atoms with Crippen LogP contribution in [0, 0.1) is 6.92 Å². The minimum atomic E-state index is -0.396. The molecule has 3 aromatic heterocycles. The van der Waals surface area contributed by atoms with Crippen LogP contribution in [-0.4, -0.2) is 25.8 Å². The van der Waals surface area contributed by atoms with Gasteiger partial charge in [-0.1, -0.05) is 6.07 Å². The summed E-state index contributed by atoms with van der Waals surface area (Å²) in [6, 6.07) is 8.69. The second-order valence-electron chi connectivity index (χ2n) is 5.36. The first kappa shape index (κ1) is 15.7. The van der Waals surface area contributed by atoms with Gasteiger partial charge in [-0.25, -0.2) is 14.5 Å². The second kappa shape index (κ2) is 6.95. The molecule has 8 nitrogen and oxygen atoms in total. The maximum absolute atomic E-state index is 12.0. The van der Waals surface area contributed by atoms with Gasteiger partial charge in [0.05, 0.1) is 18.3 Å². The number of amides is 2. The summed E-state index contributed by atoms with van der Waals surface area (Å²) >= 11 is 0. The van der Waals surface area contributed by atoms with Gasteiger partial charge in [0, 0.05) is 6.20 Å². The van der Waals surface area contributed by atoms with Crippen molar-refractivity contribution in [3.8, 4) is 0 Å². The molecule has 124 valence electrons. The number of anilines is 1. The molecule has 8 heteroatoms. The Labute approximate surface area is 138 Å². The molecule has 3 aromatic rings. The Balaban J connectivity index is 1.55. The molecule has 0 aliphatic rings. The van der Waals surface area contributed by atoms with Crippen LogP contribution in [0.15, 0.2) is 47.3 Å². The number of urea groups is 1. The van der Waals surface area contributed by atoms with Gasteiger partial charge in [-0.2, -0.15) is 0 Å². The number of furan rings is 1. The normalized spacial score (nSPS) is 11.9. The standard InChI is InChI=1S/C16H18N6O2/c1-11-6-7-14(24-11)12(2)19-16(23)20-15-18-10-22(21-15)9-13-5-3-4-8-17-13/h3-8,10,12H,9H2,1-2H3,(H2,19,20,21,23). The highest BCUT2D eigenvalue weighted by Crippen LogP contribution is 2.15.